The average molecular weight is 312 g/mol. The molecule has 1 aromatic carbocycles. The fraction of sp³-hybridized carbons (Fsp3) is 0.667. The third-order valence-electron chi connectivity index (χ3n) is 4.19. The second-order valence-corrected chi connectivity index (χ2v) is 7.08. The lowest BCUT2D eigenvalue weighted by atomic mass is 9.85. The molecule has 0 amide bonds. The Morgan fingerprint density at radius 1 is 1.19 bits per heavy atom. The van der Waals surface area contributed by atoms with Crippen molar-refractivity contribution in [1.82, 2.24) is 5.32 Å². The molecule has 1 aliphatic heterocycles. The zero-order chi connectivity index (χ0) is 14.6. The third-order valence-corrected chi connectivity index (χ3v) is 4.19. The van der Waals surface area contributed by atoms with Gasteiger partial charge in [-0.05, 0) is 62.2 Å². The Labute approximate surface area is 136 Å². The van der Waals surface area contributed by atoms with Gasteiger partial charge in [0.05, 0.1) is 6.61 Å². The Hall–Kier alpha value is -0.730. The number of nitrogens with one attached hydrogen (secondary N) is 1. The van der Waals surface area contributed by atoms with Crippen molar-refractivity contribution in [2.24, 2.45) is 5.92 Å². The van der Waals surface area contributed by atoms with Crippen LogP contribution in [0.2, 0.25) is 0 Å². The lowest BCUT2D eigenvalue weighted by Gasteiger charge is -2.25. The number of rotatable bonds is 4. The zero-order valence-electron chi connectivity index (χ0n) is 13.9. The third kappa shape index (κ3) is 5.52. The van der Waals surface area contributed by atoms with Crippen LogP contribution in [0.1, 0.15) is 51.2 Å². The molecule has 21 heavy (non-hydrogen) atoms. The van der Waals surface area contributed by atoms with Gasteiger partial charge in [-0.2, -0.15) is 0 Å². The number of hydrogen-bond donors (Lipinski definition) is 1. The van der Waals surface area contributed by atoms with Gasteiger partial charge < -0.3 is 10.1 Å². The van der Waals surface area contributed by atoms with Gasteiger partial charge in [-0.15, -0.1) is 12.4 Å². The van der Waals surface area contributed by atoms with Gasteiger partial charge in [0.25, 0.3) is 0 Å². The fourth-order valence-electron chi connectivity index (χ4n) is 2.86. The molecular weight excluding hydrogens is 282 g/mol. The van der Waals surface area contributed by atoms with Gasteiger partial charge in [0.1, 0.15) is 5.75 Å². The molecule has 0 atom stereocenters. The largest absolute Gasteiger partial charge is 0.493 e. The molecule has 3 heteroatoms. The summed E-state index contributed by atoms with van der Waals surface area (Å²) in [6.45, 7) is 12.1. The highest BCUT2D eigenvalue weighted by Crippen LogP contribution is 2.32. The molecule has 0 spiro atoms. The van der Waals surface area contributed by atoms with Crippen LogP contribution in [-0.4, -0.2) is 19.7 Å². The van der Waals surface area contributed by atoms with Crippen molar-refractivity contribution < 1.29 is 4.74 Å². The maximum Gasteiger partial charge on any atom is 0.123 e. The highest BCUT2D eigenvalue weighted by atomic mass is 35.5. The molecule has 1 aromatic rings. The summed E-state index contributed by atoms with van der Waals surface area (Å²) in [5.74, 6) is 1.90. The molecule has 0 bridgehead atoms. The van der Waals surface area contributed by atoms with E-state index >= 15 is 0 Å². The van der Waals surface area contributed by atoms with Crippen molar-refractivity contribution in [3.8, 4) is 5.75 Å². The molecule has 1 saturated heterocycles. The standard InChI is InChI=1S/C18H29NO.ClH/c1-14-5-6-17(16(13-14)18(2,3)4)20-12-9-15-7-10-19-11-8-15;/h5-6,13,15,19H,7-12H2,1-4H3;1H. The van der Waals surface area contributed by atoms with E-state index in [2.05, 4.69) is 51.2 Å². The number of hydrogen-bond acceptors (Lipinski definition) is 2. The number of ether oxygens (including phenoxy) is 1. The molecule has 0 radical (unpaired) electrons. The van der Waals surface area contributed by atoms with Gasteiger partial charge in [-0.3, -0.25) is 0 Å². The summed E-state index contributed by atoms with van der Waals surface area (Å²) in [5, 5.41) is 3.42. The van der Waals surface area contributed by atoms with Crippen molar-refractivity contribution in [3.63, 3.8) is 0 Å². The smallest absolute Gasteiger partial charge is 0.123 e. The lowest BCUT2D eigenvalue weighted by molar-refractivity contribution is 0.248. The maximum atomic E-state index is 6.10. The molecule has 0 aliphatic carbocycles. The number of halogens is 1. The van der Waals surface area contributed by atoms with Crippen LogP contribution in [-0.2, 0) is 5.41 Å². The predicted molar refractivity (Wildman–Crippen MR) is 92.8 cm³/mol. The van der Waals surface area contributed by atoms with Crippen molar-refractivity contribution in [2.75, 3.05) is 19.7 Å². The minimum absolute atomic E-state index is 0. The molecule has 0 aromatic heterocycles. The molecule has 0 saturated carbocycles. The molecule has 1 N–H and O–H groups in total. The van der Waals surface area contributed by atoms with Crippen molar-refractivity contribution >= 4 is 12.4 Å². The van der Waals surface area contributed by atoms with Crippen LogP contribution in [0.25, 0.3) is 0 Å². The summed E-state index contributed by atoms with van der Waals surface area (Å²) in [6, 6.07) is 6.55. The van der Waals surface area contributed by atoms with Crippen LogP contribution in [0.15, 0.2) is 18.2 Å². The molecule has 1 fully saturated rings. The summed E-state index contributed by atoms with van der Waals surface area (Å²) < 4.78 is 6.10. The van der Waals surface area contributed by atoms with Gasteiger partial charge in [-0.1, -0.05) is 38.5 Å². The number of piperidine rings is 1. The summed E-state index contributed by atoms with van der Waals surface area (Å²) in [6.07, 6.45) is 3.77. The highest BCUT2D eigenvalue weighted by Gasteiger charge is 2.19. The van der Waals surface area contributed by atoms with E-state index < -0.39 is 0 Å². The lowest BCUT2D eigenvalue weighted by Crippen LogP contribution is -2.28. The minimum Gasteiger partial charge on any atom is -0.493 e. The number of benzene rings is 1. The summed E-state index contributed by atoms with van der Waals surface area (Å²) in [4.78, 5) is 0. The van der Waals surface area contributed by atoms with Gasteiger partial charge in [-0.25, -0.2) is 0 Å². The predicted octanol–water partition coefficient (Wildman–Crippen LogP) is 4.48. The highest BCUT2D eigenvalue weighted by molar-refractivity contribution is 5.85. The van der Waals surface area contributed by atoms with Gasteiger partial charge >= 0.3 is 0 Å². The molecule has 1 aliphatic rings. The topological polar surface area (TPSA) is 21.3 Å². The average Bonchev–Trinajstić information content (AvgIpc) is 2.40. The molecule has 120 valence electrons. The Morgan fingerprint density at radius 3 is 2.48 bits per heavy atom. The van der Waals surface area contributed by atoms with Crippen molar-refractivity contribution in [3.05, 3.63) is 29.3 Å². The van der Waals surface area contributed by atoms with Crippen LogP contribution >= 0.6 is 12.4 Å². The van der Waals surface area contributed by atoms with E-state index in [1.807, 2.05) is 0 Å². The second-order valence-electron chi connectivity index (χ2n) is 7.08. The van der Waals surface area contributed by atoms with E-state index in [1.165, 1.54) is 43.5 Å². The maximum absolute atomic E-state index is 6.10. The van der Waals surface area contributed by atoms with Crippen LogP contribution in [0.5, 0.6) is 5.75 Å². The first-order valence-electron chi connectivity index (χ1n) is 7.91. The molecule has 1 heterocycles. The van der Waals surface area contributed by atoms with Crippen LogP contribution in [0.4, 0.5) is 0 Å². The Morgan fingerprint density at radius 2 is 1.86 bits per heavy atom. The Kier molecular flexibility index (Phi) is 7.02. The van der Waals surface area contributed by atoms with Gasteiger partial charge in [0.15, 0.2) is 0 Å². The molecule has 0 unspecified atom stereocenters. The summed E-state index contributed by atoms with van der Waals surface area (Å²) in [5.41, 5.74) is 2.76. The van der Waals surface area contributed by atoms with Crippen molar-refractivity contribution in [2.45, 2.75) is 52.4 Å². The van der Waals surface area contributed by atoms with Gasteiger partial charge in [0.2, 0.25) is 0 Å². The fourth-order valence-corrected chi connectivity index (χ4v) is 2.86. The van der Waals surface area contributed by atoms with E-state index in [1.54, 1.807) is 0 Å². The van der Waals surface area contributed by atoms with E-state index in [0.717, 1.165) is 18.3 Å². The van der Waals surface area contributed by atoms with E-state index in [9.17, 15) is 0 Å². The molecule has 2 nitrogen and oxygen atoms in total. The van der Waals surface area contributed by atoms with Crippen LogP contribution in [0, 0.1) is 12.8 Å². The minimum atomic E-state index is 0. The van der Waals surface area contributed by atoms with Crippen LogP contribution in [0.3, 0.4) is 0 Å². The van der Waals surface area contributed by atoms with E-state index in [4.69, 9.17) is 4.74 Å². The molecular formula is C18H30ClNO. The Bertz CT molecular complexity index is 433. The first-order valence-corrected chi connectivity index (χ1v) is 7.91. The van der Waals surface area contributed by atoms with Crippen molar-refractivity contribution in [1.29, 1.82) is 0 Å². The first kappa shape index (κ1) is 18.3. The summed E-state index contributed by atoms with van der Waals surface area (Å²) in [7, 11) is 0. The normalized spacial score (nSPS) is 16.4. The monoisotopic (exact) mass is 311 g/mol. The zero-order valence-corrected chi connectivity index (χ0v) is 14.7. The number of aryl methyl sites for hydroxylation is 1. The molecule has 2 rings (SSSR count). The van der Waals surface area contributed by atoms with E-state index in [0.29, 0.717) is 0 Å². The Balaban J connectivity index is 0.00000220. The summed E-state index contributed by atoms with van der Waals surface area (Å²) >= 11 is 0. The van der Waals surface area contributed by atoms with Crippen LogP contribution < -0.4 is 10.1 Å². The quantitative estimate of drug-likeness (QED) is 0.885. The van der Waals surface area contributed by atoms with Gasteiger partial charge in [0, 0.05) is 0 Å². The van der Waals surface area contributed by atoms with E-state index in [-0.39, 0.29) is 17.8 Å². The SMILES string of the molecule is Cc1ccc(OCCC2CCNCC2)c(C(C)(C)C)c1.Cl. The first-order chi connectivity index (χ1) is 9.47. The second kappa shape index (κ2) is 8.05.